The van der Waals surface area contributed by atoms with Crippen molar-refractivity contribution in [1.82, 2.24) is 20.5 Å². The first kappa shape index (κ1) is 17.5. The molecule has 1 aliphatic rings. The summed E-state index contributed by atoms with van der Waals surface area (Å²) in [5.74, 6) is 0.477. The van der Waals surface area contributed by atoms with Gasteiger partial charge in [-0.05, 0) is 32.0 Å². The minimum absolute atomic E-state index is 0.0546. The summed E-state index contributed by atoms with van der Waals surface area (Å²) < 4.78 is 11.3. The molecule has 0 spiro atoms. The van der Waals surface area contributed by atoms with Crippen LogP contribution in [0.2, 0.25) is 0 Å². The molecule has 0 unspecified atom stereocenters. The Balaban J connectivity index is 1.60. The van der Waals surface area contributed by atoms with Gasteiger partial charge in [-0.15, -0.1) is 0 Å². The van der Waals surface area contributed by atoms with Crippen LogP contribution in [0.15, 0.2) is 30.5 Å². The molecule has 3 aromatic rings. The predicted molar refractivity (Wildman–Crippen MR) is 101 cm³/mol. The molecular weight excluding hydrogens is 344 g/mol. The molecule has 0 aliphatic carbocycles. The number of methoxy groups -OCH3 is 1. The Kier molecular flexibility index (Phi) is 4.53. The Hall–Kier alpha value is -2.93. The van der Waals surface area contributed by atoms with Gasteiger partial charge in [-0.2, -0.15) is 5.10 Å². The first-order valence-corrected chi connectivity index (χ1v) is 9.00. The van der Waals surface area contributed by atoms with Gasteiger partial charge >= 0.3 is 0 Å². The fraction of sp³-hybridized carbons (Fsp3) is 0.350. The van der Waals surface area contributed by atoms with Gasteiger partial charge in [0.05, 0.1) is 30.5 Å². The van der Waals surface area contributed by atoms with Crippen molar-refractivity contribution in [2.24, 2.45) is 0 Å². The molecule has 0 fully saturated rings. The van der Waals surface area contributed by atoms with Crippen LogP contribution in [0.3, 0.4) is 0 Å². The van der Waals surface area contributed by atoms with Crippen molar-refractivity contribution >= 4 is 16.8 Å². The maximum atomic E-state index is 12.8. The van der Waals surface area contributed by atoms with Crippen molar-refractivity contribution in [2.45, 2.75) is 39.0 Å². The Morgan fingerprint density at radius 2 is 2.22 bits per heavy atom. The Bertz CT molecular complexity index is 998. The Morgan fingerprint density at radius 1 is 1.37 bits per heavy atom. The number of fused-ring (bicyclic) bond motifs is 2. The first-order chi connectivity index (χ1) is 13.1. The number of aromatic nitrogens is 3. The lowest BCUT2D eigenvalue weighted by Gasteiger charge is -2.25. The third kappa shape index (κ3) is 3.14. The van der Waals surface area contributed by atoms with Crippen molar-refractivity contribution in [1.29, 1.82) is 0 Å². The van der Waals surface area contributed by atoms with Crippen LogP contribution in [0.5, 0.6) is 5.75 Å². The van der Waals surface area contributed by atoms with Gasteiger partial charge in [-0.1, -0.05) is 6.07 Å². The second kappa shape index (κ2) is 7.00. The summed E-state index contributed by atoms with van der Waals surface area (Å²) in [6.07, 6.45) is 2.36. The van der Waals surface area contributed by atoms with Gasteiger partial charge in [0.25, 0.3) is 5.91 Å². The second-order valence-corrected chi connectivity index (χ2v) is 6.76. The van der Waals surface area contributed by atoms with Crippen molar-refractivity contribution < 1.29 is 14.3 Å². The van der Waals surface area contributed by atoms with Gasteiger partial charge in [0.1, 0.15) is 5.75 Å². The van der Waals surface area contributed by atoms with Crippen molar-refractivity contribution in [3.05, 3.63) is 53.0 Å². The number of benzene rings is 1. The number of hydrogen-bond donors (Lipinski definition) is 2. The number of rotatable bonds is 4. The van der Waals surface area contributed by atoms with Gasteiger partial charge in [0, 0.05) is 35.7 Å². The fourth-order valence-electron chi connectivity index (χ4n) is 3.66. The number of pyridine rings is 1. The molecule has 0 saturated carbocycles. The number of ether oxygens (including phenoxy) is 2. The number of nitrogens with one attached hydrogen (secondary N) is 2. The van der Waals surface area contributed by atoms with E-state index in [0.29, 0.717) is 24.4 Å². The van der Waals surface area contributed by atoms with Crippen LogP contribution in [0, 0.1) is 0 Å². The minimum atomic E-state index is -0.219. The number of aromatic amines is 1. The molecule has 1 aromatic carbocycles. The van der Waals surface area contributed by atoms with E-state index in [2.05, 4.69) is 20.5 Å². The molecule has 2 N–H and O–H groups in total. The summed E-state index contributed by atoms with van der Waals surface area (Å²) in [5.41, 5.74) is 3.90. The third-order valence-electron chi connectivity index (χ3n) is 4.93. The number of carbonyl (C=O) groups is 1. The van der Waals surface area contributed by atoms with Crippen LogP contribution in [0.1, 0.15) is 47.3 Å². The molecule has 2 atom stereocenters. The highest BCUT2D eigenvalue weighted by atomic mass is 16.5. The van der Waals surface area contributed by atoms with Crippen molar-refractivity contribution in [3.63, 3.8) is 0 Å². The van der Waals surface area contributed by atoms with Crippen LogP contribution in [0.4, 0.5) is 0 Å². The van der Waals surface area contributed by atoms with E-state index in [1.165, 1.54) is 0 Å². The van der Waals surface area contributed by atoms with Crippen molar-refractivity contribution in [3.8, 4) is 5.75 Å². The molecule has 27 heavy (non-hydrogen) atoms. The summed E-state index contributed by atoms with van der Waals surface area (Å²) in [6, 6.07) is 7.72. The van der Waals surface area contributed by atoms with Crippen LogP contribution in [0.25, 0.3) is 10.9 Å². The van der Waals surface area contributed by atoms with E-state index >= 15 is 0 Å². The lowest BCUT2D eigenvalue weighted by molar-refractivity contribution is -0.00697. The van der Waals surface area contributed by atoms with Crippen molar-refractivity contribution in [2.75, 3.05) is 7.11 Å². The van der Waals surface area contributed by atoms with Gasteiger partial charge in [-0.3, -0.25) is 14.9 Å². The molecule has 0 saturated heterocycles. The van der Waals surface area contributed by atoms with E-state index in [-0.39, 0.29) is 18.1 Å². The highest BCUT2D eigenvalue weighted by molar-refractivity contribution is 5.94. The molecule has 0 radical (unpaired) electrons. The quantitative estimate of drug-likeness (QED) is 0.741. The summed E-state index contributed by atoms with van der Waals surface area (Å²) in [5, 5.41) is 11.2. The molecule has 1 amide bonds. The van der Waals surface area contributed by atoms with E-state index < -0.39 is 0 Å². The highest BCUT2D eigenvalue weighted by Crippen LogP contribution is 2.30. The smallest absolute Gasteiger partial charge is 0.272 e. The molecule has 7 heteroatoms. The van der Waals surface area contributed by atoms with Gasteiger partial charge in [-0.25, -0.2) is 0 Å². The number of nitrogens with zero attached hydrogens (tertiary/aromatic N) is 2. The van der Waals surface area contributed by atoms with Crippen LogP contribution >= 0.6 is 0 Å². The van der Waals surface area contributed by atoms with Gasteiger partial charge in [0.2, 0.25) is 0 Å². The molecule has 4 rings (SSSR count). The highest BCUT2D eigenvalue weighted by Gasteiger charge is 2.29. The molecule has 2 aromatic heterocycles. The molecule has 0 bridgehead atoms. The number of hydrogen-bond acceptors (Lipinski definition) is 5. The lowest BCUT2D eigenvalue weighted by Crippen LogP contribution is -2.27. The molecular formula is C20H22N4O3. The molecule has 3 heterocycles. The summed E-state index contributed by atoms with van der Waals surface area (Å²) in [7, 11) is 1.61. The average molecular weight is 366 g/mol. The Morgan fingerprint density at radius 3 is 3.04 bits per heavy atom. The minimum Gasteiger partial charge on any atom is -0.496 e. The maximum Gasteiger partial charge on any atom is 0.272 e. The summed E-state index contributed by atoms with van der Waals surface area (Å²) >= 11 is 0. The summed E-state index contributed by atoms with van der Waals surface area (Å²) in [6.45, 7) is 4.27. The summed E-state index contributed by atoms with van der Waals surface area (Å²) in [4.78, 5) is 17.3. The van der Waals surface area contributed by atoms with E-state index in [0.717, 1.165) is 27.7 Å². The number of H-pyrrole nitrogens is 1. The van der Waals surface area contributed by atoms with Crippen LogP contribution in [-0.2, 0) is 17.7 Å². The normalized spacial score (nSPS) is 18.9. The zero-order valence-electron chi connectivity index (χ0n) is 15.6. The Labute approximate surface area is 157 Å². The van der Waals surface area contributed by atoms with Gasteiger partial charge in [0.15, 0.2) is 5.69 Å². The standard InChI is InChI=1S/C20H22N4O3/c1-11-9-14-17(12(2)27-11)23-24-19(14)20(25)22-10-15-16(26-3)7-6-13-5-4-8-21-18(13)15/h4-8,11-12H,9-10H2,1-3H3,(H,22,25)(H,23,24)/t11-,12+/m0/s1. The number of amides is 1. The average Bonchev–Trinajstić information content (AvgIpc) is 3.10. The third-order valence-corrected chi connectivity index (χ3v) is 4.93. The SMILES string of the molecule is COc1ccc2cccnc2c1CNC(=O)c1n[nH]c2c1C[C@H](C)O[C@@H]2C. The van der Waals surface area contributed by atoms with E-state index in [1.807, 2.05) is 38.1 Å². The first-order valence-electron chi connectivity index (χ1n) is 9.00. The molecule has 7 nitrogen and oxygen atoms in total. The zero-order valence-corrected chi connectivity index (χ0v) is 15.6. The van der Waals surface area contributed by atoms with Gasteiger partial charge < -0.3 is 14.8 Å². The largest absolute Gasteiger partial charge is 0.496 e. The zero-order chi connectivity index (χ0) is 19.0. The van der Waals surface area contributed by atoms with Crippen LogP contribution in [-0.4, -0.2) is 34.3 Å². The number of carbonyl (C=O) groups excluding carboxylic acids is 1. The topological polar surface area (TPSA) is 89.1 Å². The second-order valence-electron chi connectivity index (χ2n) is 6.76. The lowest BCUT2D eigenvalue weighted by atomic mass is 9.99. The van der Waals surface area contributed by atoms with E-state index in [9.17, 15) is 4.79 Å². The predicted octanol–water partition coefficient (Wildman–Crippen LogP) is 2.92. The van der Waals surface area contributed by atoms with E-state index in [4.69, 9.17) is 9.47 Å². The van der Waals surface area contributed by atoms with E-state index in [1.54, 1.807) is 13.3 Å². The monoisotopic (exact) mass is 366 g/mol. The van der Waals surface area contributed by atoms with Crippen LogP contribution < -0.4 is 10.1 Å². The maximum absolute atomic E-state index is 12.8. The molecule has 140 valence electrons. The molecule has 1 aliphatic heterocycles. The fourth-order valence-corrected chi connectivity index (χ4v) is 3.66.